The Kier molecular flexibility index (Phi) is 4.93. The van der Waals surface area contributed by atoms with Crippen LogP contribution in [0.25, 0.3) is 0 Å². The van der Waals surface area contributed by atoms with Crippen LogP contribution in [0.2, 0.25) is 0 Å². The zero-order valence-corrected chi connectivity index (χ0v) is 12.8. The van der Waals surface area contributed by atoms with E-state index in [1.807, 2.05) is 43.3 Å². The zero-order chi connectivity index (χ0) is 14.5. The summed E-state index contributed by atoms with van der Waals surface area (Å²) >= 11 is 3.39. The Bertz CT molecular complexity index is 605. The van der Waals surface area contributed by atoms with Gasteiger partial charge in [-0.25, -0.2) is 0 Å². The van der Waals surface area contributed by atoms with E-state index < -0.39 is 0 Å². The van der Waals surface area contributed by atoms with Crippen LogP contribution in [0.1, 0.15) is 27.0 Å². The highest BCUT2D eigenvalue weighted by Crippen LogP contribution is 2.15. The number of nitrogens with one attached hydrogen (secondary N) is 1. The van der Waals surface area contributed by atoms with E-state index in [1.54, 1.807) is 6.07 Å². The highest BCUT2D eigenvalue weighted by Gasteiger charge is 2.07. The van der Waals surface area contributed by atoms with Gasteiger partial charge >= 0.3 is 0 Å². The van der Waals surface area contributed by atoms with E-state index in [4.69, 9.17) is 5.11 Å². The average Bonchev–Trinajstić information content (AvgIpc) is 2.44. The Labute approximate surface area is 126 Å². The minimum atomic E-state index is -0.108. The fraction of sp³-hybridized carbons (Fsp3) is 0.188. The van der Waals surface area contributed by atoms with Gasteiger partial charge in [0, 0.05) is 16.6 Å². The minimum Gasteiger partial charge on any atom is -0.392 e. The Morgan fingerprint density at radius 1 is 1.20 bits per heavy atom. The number of benzene rings is 2. The molecule has 0 bridgehead atoms. The Hall–Kier alpha value is -1.65. The van der Waals surface area contributed by atoms with Crippen molar-refractivity contribution in [2.75, 3.05) is 0 Å². The molecule has 0 atom stereocenters. The van der Waals surface area contributed by atoms with E-state index in [1.165, 1.54) is 0 Å². The molecule has 0 aliphatic rings. The molecule has 0 unspecified atom stereocenters. The van der Waals surface area contributed by atoms with Crippen molar-refractivity contribution in [3.63, 3.8) is 0 Å². The van der Waals surface area contributed by atoms with Crippen molar-refractivity contribution in [3.05, 3.63) is 69.2 Å². The molecule has 0 aliphatic heterocycles. The first-order valence-corrected chi connectivity index (χ1v) is 7.12. The largest absolute Gasteiger partial charge is 0.392 e. The summed E-state index contributed by atoms with van der Waals surface area (Å²) in [6, 6.07) is 13.1. The van der Waals surface area contributed by atoms with Crippen LogP contribution in [0.15, 0.2) is 46.9 Å². The second kappa shape index (κ2) is 6.68. The highest BCUT2D eigenvalue weighted by atomic mass is 79.9. The summed E-state index contributed by atoms with van der Waals surface area (Å²) in [6.45, 7) is 2.40. The molecule has 0 saturated carbocycles. The van der Waals surface area contributed by atoms with Crippen LogP contribution in [0, 0.1) is 6.92 Å². The zero-order valence-electron chi connectivity index (χ0n) is 11.2. The van der Waals surface area contributed by atoms with Gasteiger partial charge in [-0.1, -0.05) is 40.2 Å². The van der Waals surface area contributed by atoms with Crippen LogP contribution in [-0.2, 0) is 13.2 Å². The molecule has 0 heterocycles. The molecule has 104 valence electrons. The maximum atomic E-state index is 12.1. The molecule has 0 radical (unpaired) electrons. The first-order valence-electron chi connectivity index (χ1n) is 6.32. The van der Waals surface area contributed by atoms with E-state index in [0.717, 1.165) is 21.2 Å². The average molecular weight is 334 g/mol. The van der Waals surface area contributed by atoms with Gasteiger partial charge < -0.3 is 10.4 Å². The Morgan fingerprint density at radius 2 is 1.95 bits per heavy atom. The number of aryl methyl sites for hydroxylation is 1. The molecule has 2 aromatic carbocycles. The van der Waals surface area contributed by atoms with Crippen LogP contribution in [0.5, 0.6) is 0 Å². The molecule has 0 saturated heterocycles. The lowest BCUT2D eigenvalue weighted by atomic mass is 10.1. The number of amides is 1. The fourth-order valence-corrected chi connectivity index (χ4v) is 2.60. The van der Waals surface area contributed by atoms with Crippen molar-refractivity contribution in [1.82, 2.24) is 5.32 Å². The van der Waals surface area contributed by atoms with Crippen molar-refractivity contribution in [2.24, 2.45) is 0 Å². The first kappa shape index (κ1) is 14.8. The van der Waals surface area contributed by atoms with Crippen molar-refractivity contribution in [3.8, 4) is 0 Å². The summed E-state index contributed by atoms with van der Waals surface area (Å²) in [6.07, 6.45) is 0. The third kappa shape index (κ3) is 3.92. The molecule has 0 aliphatic carbocycles. The highest BCUT2D eigenvalue weighted by molar-refractivity contribution is 9.10. The number of halogens is 1. The van der Waals surface area contributed by atoms with E-state index in [-0.39, 0.29) is 12.5 Å². The Morgan fingerprint density at radius 3 is 2.65 bits per heavy atom. The number of hydrogen-bond donors (Lipinski definition) is 2. The van der Waals surface area contributed by atoms with E-state index in [9.17, 15) is 4.79 Å². The predicted molar refractivity (Wildman–Crippen MR) is 82.4 cm³/mol. The summed E-state index contributed by atoms with van der Waals surface area (Å²) in [5.41, 5.74) is 3.48. The van der Waals surface area contributed by atoms with Crippen molar-refractivity contribution < 1.29 is 9.90 Å². The van der Waals surface area contributed by atoms with Gasteiger partial charge in [0.25, 0.3) is 5.91 Å². The minimum absolute atomic E-state index is 0.00656. The second-order valence-corrected chi connectivity index (χ2v) is 5.59. The van der Waals surface area contributed by atoms with Crippen LogP contribution in [0.3, 0.4) is 0 Å². The number of carbonyl (C=O) groups is 1. The van der Waals surface area contributed by atoms with Gasteiger partial charge in [0.2, 0.25) is 0 Å². The van der Waals surface area contributed by atoms with Crippen LogP contribution >= 0.6 is 15.9 Å². The predicted octanol–water partition coefficient (Wildman–Crippen LogP) is 3.18. The van der Waals surface area contributed by atoms with Crippen LogP contribution in [-0.4, -0.2) is 11.0 Å². The third-order valence-electron chi connectivity index (χ3n) is 2.93. The van der Waals surface area contributed by atoms with E-state index in [0.29, 0.717) is 12.1 Å². The lowest BCUT2D eigenvalue weighted by Gasteiger charge is -2.08. The summed E-state index contributed by atoms with van der Waals surface area (Å²) in [5.74, 6) is -0.108. The molecule has 2 aromatic rings. The van der Waals surface area contributed by atoms with Gasteiger partial charge in [0.15, 0.2) is 0 Å². The number of carbonyl (C=O) groups excluding carboxylic acids is 1. The molecule has 3 nitrogen and oxygen atoms in total. The van der Waals surface area contributed by atoms with Crippen molar-refractivity contribution in [2.45, 2.75) is 20.1 Å². The van der Waals surface area contributed by atoms with Crippen LogP contribution < -0.4 is 5.32 Å². The molecule has 0 fully saturated rings. The maximum Gasteiger partial charge on any atom is 0.251 e. The lowest BCUT2D eigenvalue weighted by molar-refractivity contribution is 0.0950. The number of rotatable bonds is 4. The number of aliphatic hydroxyl groups is 1. The Balaban J connectivity index is 2.04. The molecule has 2 N–H and O–H groups in total. The van der Waals surface area contributed by atoms with Crippen molar-refractivity contribution >= 4 is 21.8 Å². The number of aliphatic hydroxyl groups excluding tert-OH is 1. The van der Waals surface area contributed by atoms with E-state index in [2.05, 4.69) is 21.2 Å². The van der Waals surface area contributed by atoms with Gasteiger partial charge in [-0.15, -0.1) is 0 Å². The molecule has 0 aromatic heterocycles. The molecule has 0 spiro atoms. The van der Waals surface area contributed by atoms with Crippen molar-refractivity contribution in [1.29, 1.82) is 0 Å². The normalized spacial score (nSPS) is 10.3. The molecular formula is C16H16BrNO2. The smallest absolute Gasteiger partial charge is 0.251 e. The third-order valence-corrected chi connectivity index (χ3v) is 3.39. The van der Waals surface area contributed by atoms with Crippen LogP contribution in [0.4, 0.5) is 0 Å². The molecule has 20 heavy (non-hydrogen) atoms. The van der Waals surface area contributed by atoms with Gasteiger partial charge in [-0.3, -0.25) is 4.79 Å². The summed E-state index contributed by atoms with van der Waals surface area (Å²) in [4.78, 5) is 12.1. The van der Waals surface area contributed by atoms with Gasteiger partial charge in [-0.2, -0.15) is 0 Å². The quantitative estimate of drug-likeness (QED) is 0.902. The maximum absolute atomic E-state index is 12.1. The summed E-state index contributed by atoms with van der Waals surface area (Å²) < 4.78 is 0.893. The second-order valence-electron chi connectivity index (χ2n) is 4.68. The number of hydrogen-bond acceptors (Lipinski definition) is 2. The fourth-order valence-electron chi connectivity index (χ4n) is 1.99. The molecule has 4 heteroatoms. The monoisotopic (exact) mass is 333 g/mol. The van der Waals surface area contributed by atoms with E-state index >= 15 is 0 Å². The molecular weight excluding hydrogens is 318 g/mol. The summed E-state index contributed by atoms with van der Waals surface area (Å²) in [5, 5.41) is 12.0. The molecule has 1 amide bonds. The molecule has 2 rings (SSSR count). The van der Waals surface area contributed by atoms with Gasteiger partial charge in [0.05, 0.1) is 6.61 Å². The SMILES string of the molecule is Cc1cc(Br)cc(C(=O)NCc2cccc(CO)c2)c1. The summed E-state index contributed by atoms with van der Waals surface area (Å²) in [7, 11) is 0. The lowest BCUT2D eigenvalue weighted by Crippen LogP contribution is -2.22. The van der Waals surface area contributed by atoms with Gasteiger partial charge in [-0.05, 0) is 41.8 Å². The topological polar surface area (TPSA) is 49.3 Å². The van der Waals surface area contributed by atoms with Gasteiger partial charge in [0.1, 0.15) is 0 Å². The first-order chi connectivity index (χ1) is 9.58. The standard InChI is InChI=1S/C16H16BrNO2/c1-11-5-14(8-15(17)6-11)16(20)18-9-12-3-2-4-13(7-12)10-19/h2-8,19H,9-10H2,1H3,(H,18,20).